The molecule has 1 aliphatic rings. The molecule has 0 spiro atoms. The predicted molar refractivity (Wildman–Crippen MR) is 81.6 cm³/mol. The fourth-order valence-electron chi connectivity index (χ4n) is 2.77. The minimum atomic E-state index is -0.493. The standard InChI is InChI=1S/C15H21NO4S/c1-8-10(12(17)19-5)11(13(18)20-6)9-7-21-14(16(8)9)15(2,3)4/h14H,7H2,1-6H3/t14-/m1/s1. The van der Waals surface area contributed by atoms with Gasteiger partial charge in [-0.3, -0.25) is 0 Å². The number of carbonyl (C=O) groups is 2. The number of esters is 2. The summed E-state index contributed by atoms with van der Waals surface area (Å²) in [5.74, 6) is -0.292. The van der Waals surface area contributed by atoms with E-state index in [-0.39, 0.29) is 10.8 Å². The third-order valence-corrected chi connectivity index (χ3v) is 5.36. The molecule has 2 rings (SSSR count). The molecule has 2 heterocycles. The molecule has 1 aliphatic heterocycles. The zero-order valence-electron chi connectivity index (χ0n) is 13.3. The fraction of sp³-hybridized carbons (Fsp3) is 0.600. The van der Waals surface area contributed by atoms with Crippen molar-refractivity contribution < 1.29 is 19.1 Å². The third-order valence-electron chi connectivity index (χ3n) is 3.68. The third kappa shape index (κ3) is 2.46. The van der Waals surface area contributed by atoms with Crippen LogP contribution in [0.25, 0.3) is 0 Å². The Kier molecular flexibility index (Phi) is 4.10. The summed E-state index contributed by atoms with van der Waals surface area (Å²) in [6.45, 7) is 8.30. The molecule has 116 valence electrons. The Morgan fingerprint density at radius 2 is 1.67 bits per heavy atom. The Balaban J connectivity index is 2.70. The zero-order chi connectivity index (χ0) is 15.9. The van der Waals surface area contributed by atoms with Crippen molar-refractivity contribution in [2.75, 3.05) is 14.2 Å². The lowest BCUT2D eigenvalue weighted by Crippen LogP contribution is -2.20. The number of hydrogen-bond acceptors (Lipinski definition) is 5. The Labute approximate surface area is 129 Å². The molecule has 0 radical (unpaired) electrons. The summed E-state index contributed by atoms with van der Waals surface area (Å²) in [6.07, 6.45) is 0. The number of nitrogens with zero attached hydrogens (tertiary/aromatic N) is 1. The lowest BCUT2D eigenvalue weighted by molar-refractivity contribution is 0.0555. The average molecular weight is 311 g/mol. The molecule has 0 amide bonds. The van der Waals surface area contributed by atoms with Gasteiger partial charge in [-0.25, -0.2) is 9.59 Å². The molecule has 1 aromatic heterocycles. The van der Waals surface area contributed by atoms with Crippen LogP contribution in [-0.2, 0) is 15.2 Å². The molecule has 5 nitrogen and oxygen atoms in total. The highest BCUT2D eigenvalue weighted by atomic mass is 32.2. The molecular weight excluding hydrogens is 290 g/mol. The Morgan fingerprint density at radius 1 is 1.14 bits per heavy atom. The summed E-state index contributed by atoms with van der Waals surface area (Å²) < 4.78 is 11.8. The van der Waals surface area contributed by atoms with E-state index >= 15 is 0 Å². The van der Waals surface area contributed by atoms with Crippen molar-refractivity contribution in [3.8, 4) is 0 Å². The molecule has 0 fully saturated rings. The molecule has 0 saturated heterocycles. The lowest BCUT2D eigenvalue weighted by atomic mass is 9.96. The molecular formula is C15H21NO4S. The fourth-order valence-corrected chi connectivity index (χ4v) is 4.30. The van der Waals surface area contributed by atoms with Crippen LogP contribution in [0.1, 0.15) is 58.2 Å². The first-order valence-electron chi connectivity index (χ1n) is 6.76. The van der Waals surface area contributed by atoms with E-state index in [2.05, 4.69) is 25.3 Å². The van der Waals surface area contributed by atoms with Gasteiger partial charge in [-0.15, -0.1) is 11.8 Å². The summed E-state index contributed by atoms with van der Waals surface area (Å²) in [7, 11) is 2.65. The van der Waals surface area contributed by atoms with E-state index in [4.69, 9.17) is 9.47 Å². The van der Waals surface area contributed by atoms with Crippen molar-refractivity contribution in [2.24, 2.45) is 5.41 Å². The van der Waals surface area contributed by atoms with E-state index in [1.54, 1.807) is 11.8 Å². The number of methoxy groups -OCH3 is 2. The molecule has 21 heavy (non-hydrogen) atoms. The van der Waals surface area contributed by atoms with Crippen LogP contribution in [0, 0.1) is 12.3 Å². The van der Waals surface area contributed by atoms with E-state index in [1.165, 1.54) is 14.2 Å². The topological polar surface area (TPSA) is 57.5 Å². The van der Waals surface area contributed by atoms with Crippen LogP contribution in [-0.4, -0.2) is 30.7 Å². The van der Waals surface area contributed by atoms with Crippen molar-refractivity contribution in [2.45, 2.75) is 38.8 Å². The SMILES string of the molecule is COC(=O)c1c(C(=O)OC)c2n(c1C)[C@@H](C(C)(C)C)SC2. The molecule has 0 bridgehead atoms. The number of rotatable bonds is 2. The van der Waals surface area contributed by atoms with Crippen LogP contribution >= 0.6 is 11.8 Å². The maximum atomic E-state index is 12.1. The number of aromatic nitrogens is 1. The Hall–Kier alpha value is -1.43. The largest absolute Gasteiger partial charge is 0.465 e. The number of ether oxygens (including phenoxy) is 2. The highest BCUT2D eigenvalue weighted by Crippen LogP contribution is 2.50. The van der Waals surface area contributed by atoms with Gasteiger partial charge in [-0.1, -0.05) is 20.8 Å². The quantitative estimate of drug-likeness (QED) is 0.785. The van der Waals surface area contributed by atoms with Crippen LogP contribution < -0.4 is 0 Å². The van der Waals surface area contributed by atoms with Gasteiger partial charge in [-0.2, -0.15) is 0 Å². The predicted octanol–water partition coefficient (Wildman–Crippen LogP) is 3.16. The summed E-state index contributed by atoms with van der Waals surface area (Å²) >= 11 is 1.77. The monoisotopic (exact) mass is 311 g/mol. The Bertz CT molecular complexity index is 598. The second-order valence-electron chi connectivity index (χ2n) is 6.16. The summed E-state index contributed by atoms with van der Waals surface area (Å²) in [4.78, 5) is 24.2. The summed E-state index contributed by atoms with van der Waals surface area (Å²) in [5, 5.41) is 0.175. The van der Waals surface area contributed by atoms with Gasteiger partial charge >= 0.3 is 11.9 Å². The van der Waals surface area contributed by atoms with Gasteiger partial charge in [0.25, 0.3) is 0 Å². The first-order valence-corrected chi connectivity index (χ1v) is 7.80. The highest BCUT2D eigenvalue weighted by Gasteiger charge is 2.40. The van der Waals surface area contributed by atoms with Gasteiger partial charge < -0.3 is 14.0 Å². The van der Waals surface area contributed by atoms with Gasteiger partial charge in [0.1, 0.15) is 0 Å². The van der Waals surface area contributed by atoms with E-state index in [0.29, 0.717) is 16.9 Å². The molecule has 0 aromatic carbocycles. The summed E-state index contributed by atoms with van der Waals surface area (Å²) in [6, 6.07) is 0. The number of fused-ring (bicyclic) bond motifs is 1. The first-order chi connectivity index (χ1) is 9.73. The summed E-state index contributed by atoms with van der Waals surface area (Å²) in [5.41, 5.74) is 2.31. The molecule has 6 heteroatoms. The van der Waals surface area contributed by atoms with Gasteiger partial charge in [-0.05, 0) is 12.3 Å². The minimum absolute atomic E-state index is 0.0144. The second-order valence-corrected chi connectivity index (χ2v) is 7.23. The Morgan fingerprint density at radius 3 is 2.14 bits per heavy atom. The minimum Gasteiger partial charge on any atom is -0.465 e. The second kappa shape index (κ2) is 5.40. The van der Waals surface area contributed by atoms with Crippen molar-refractivity contribution in [1.29, 1.82) is 0 Å². The zero-order valence-corrected chi connectivity index (χ0v) is 14.1. The maximum Gasteiger partial charge on any atom is 0.340 e. The van der Waals surface area contributed by atoms with E-state index < -0.39 is 11.9 Å². The van der Waals surface area contributed by atoms with Crippen LogP contribution in [0.15, 0.2) is 0 Å². The van der Waals surface area contributed by atoms with Crippen LogP contribution in [0.4, 0.5) is 0 Å². The number of carbonyl (C=O) groups excluding carboxylic acids is 2. The van der Waals surface area contributed by atoms with Gasteiger partial charge in [0.05, 0.1) is 30.7 Å². The van der Waals surface area contributed by atoms with E-state index in [0.717, 1.165) is 11.4 Å². The van der Waals surface area contributed by atoms with Crippen LogP contribution in [0.3, 0.4) is 0 Å². The molecule has 1 atom stereocenters. The van der Waals surface area contributed by atoms with Crippen molar-refractivity contribution >= 4 is 23.7 Å². The average Bonchev–Trinajstić information content (AvgIpc) is 2.96. The van der Waals surface area contributed by atoms with E-state index in [1.807, 2.05) is 6.92 Å². The number of hydrogen-bond donors (Lipinski definition) is 0. The molecule has 0 N–H and O–H groups in total. The number of thioether (sulfide) groups is 1. The molecule has 1 aromatic rings. The van der Waals surface area contributed by atoms with Crippen molar-refractivity contribution in [3.05, 3.63) is 22.5 Å². The van der Waals surface area contributed by atoms with Gasteiger partial charge in [0.15, 0.2) is 0 Å². The van der Waals surface area contributed by atoms with Crippen molar-refractivity contribution in [3.63, 3.8) is 0 Å². The molecule has 0 aliphatic carbocycles. The lowest BCUT2D eigenvalue weighted by Gasteiger charge is -2.29. The normalized spacial score (nSPS) is 17.5. The van der Waals surface area contributed by atoms with Crippen LogP contribution in [0.2, 0.25) is 0 Å². The molecule has 0 unspecified atom stereocenters. The highest BCUT2D eigenvalue weighted by molar-refractivity contribution is 7.98. The first kappa shape index (κ1) is 15.9. The smallest absolute Gasteiger partial charge is 0.340 e. The van der Waals surface area contributed by atoms with Gasteiger partial charge in [0.2, 0.25) is 0 Å². The molecule has 0 saturated carbocycles. The van der Waals surface area contributed by atoms with E-state index in [9.17, 15) is 9.59 Å². The van der Waals surface area contributed by atoms with Gasteiger partial charge in [0, 0.05) is 17.1 Å². The van der Waals surface area contributed by atoms with Crippen LogP contribution in [0.5, 0.6) is 0 Å². The van der Waals surface area contributed by atoms with Crippen molar-refractivity contribution in [1.82, 2.24) is 4.57 Å². The maximum absolute atomic E-state index is 12.1.